The summed E-state index contributed by atoms with van der Waals surface area (Å²) in [5.74, 6) is -0.966. The van der Waals surface area contributed by atoms with Crippen molar-refractivity contribution in [3.63, 3.8) is 0 Å². The quantitative estimate of drug-likeness (QED) is 0.703. The first kappa shape index (κ1) is 15.6. The topological polar surface area (TPSA) is 99.2 Å². The summed E-state index contributed by atoms with van der Waals surface area (Å²) in [5, 5.41) is 11.5. The van der Waals surface area contributed by atoms with E-state index >= 15 is 0 Å². The summed E-state index contributed by atoms with van der Waals surface area (Å²) >= 11 is 0. The lowest BCUT2D eigenvalue weighted by molar-refractivity contribution is -0.138. The molecular weight excluding hydrogens is 278 g/mol. The zero-order chi connectivity index (χ0) is 15.4. The first-order valence-electron chi connectivity index (χ1n) is 7.09. The summed E-state index contributed by atoms with van der Waals surface area (Å²) in [4.78, 5) is 38.1. The molecule has 0 spiro atoms. The van der Waals surface area contributed by atoms with E-state index in [9.17, 15) is 14.4 Å². The van der Waals surface area contributed by atoms with Gasteiger partial charge >= 0.3 is 12.0 Å². The zero-order valence-electron chi connectivity index (χ0n) is 12.1. The fraction of sp³-hybridized carbons (Fsp3) is 0.769. The van der Waals surface area contributed by atoms with Crippen molar-refractivity contribution in [3.05, 3.63) is 0 Å². The number of hydrogen-bond acceptors (Lipinski definition) is 4. The van der Waals surface area contributed by atoms with Crippen LogP contribution in [0.1, 0.15) is 12.8 Å². The number of carbonyl (C=O) groups is 3. The standard InChI is InChI=1S/C13H21N3O5/c1-14-12(19)10-8-21-5-4-16(10)13(20)15(7-11(17)18)6-9-2-3-9/h9-10H,2-8H2,1H3,(H,14,19)(H,17,18). The van der Waals surface area contributed by atoms with Gasteiger partial charge in [0.25, 0.3) is 0 Å². The van der Waals surface area contributed by atoms with E-state index in [0.29, 0.717) is 19.1 Å². The Balaban J connectivity index is 2.08. The van der Waals surface area contributed by atoms with Crippen LogP contribution in [0.5, 0.6) is 0 Å². The minimum absolute atomic E-state index is 0.135. The van der Waals surface area contributed by atoms with Gasteiger partial charge in [0.15, 0.2) is 0 Å². The van der Waals surface area contributed by atoms with Crippen LogP contribution < -0.4 is 5.32 Å². The van der Waals surface area contributed by atoms with Crippen molar-refractivity contribution in [1.82, 2.24) is 15.1 Å². The van der Waals surface area contributed by atoms with Crippen LogP contribution in [0.3, 0.4) is 0 Å². The minimum Gasteiger partial charge on any atom is -0.480 e. The molecule has 8 nitrogen and oxygen atoms in total. The molecule has 8 heteroatoms. The largest absolute Gasteiger partial charge is 0.480 e. The third-order valence-electron chi connectivity index (χ3n) is 3.70. The second kappa shape index (κ2) is 6.75. The summed E-state index contributed by atoms with van der Waals surface area (Å²) in [7, 11) is 1.50. The van der Waals surface area contributed by atoms with Gasteiger partial charge in [-0.05, 0) is 18.8 Å². The van der Waals surface area contributed by atoms with E-state index < -0.39 is 18.0 Å². The molecule has 2 N–H and O–H groups in total. The second-order valence-electron chi connectivity index (χ2n) is 5.40. The number of hydrogen-bond donors (Lipinski definition) is 2. The van der Waals surface area contributed by atoms with Crippen LogP contribution in [0.15, 0.2) is 0 Å². The number of rotatable bonds is 5. The number of ether oxygens (including phenoxy) is 1. The lowest BCUT2D eigenvalue weighted by atomic mass is 10.2. The van der Waals surface area contributed by atoms with Gasteiger partial charge in [-0.25, -0.2) is 4.79 Å². The molecule has 2 fully saturated rings. The van der Waals surface area contributed by atoms with Crippen LogP contribution in [0.4, 0.5) is 4.79 Å². The Hall–Kier alpha value is -1.83. The first-order valence-corrected chi connectivity index (χ1v) is 7.09. The molecule has 118 valence electrons. The molecule has 1 aliphatic heterocycles. The van der Waals surface area contributed by atoms with E-state index in [1.807, 2.05) is 0 Å². The van der Waals surface area contributed by atoms with Crippen LogP contribution in [0.25, 0.3) is 0 Å². The van der Waals surface area contributed by atoms with Gasteiger partial charge in [-0.2, -0.15) is 0 Å². The Kier molecular flexibility index (Phi) is 5.00. The molecule has 0 aromatic heterocycles. The molecule has 3 amide bonds. The number of nitrogens with zero attached hydrogens (tertiary/aromatic N) is 2. The molecule has 1 unspecified atom stereocenters. The predicted molar refractivity (Wildman–Crippen MR) is 72.7 cm³/mol. The highest BCUT2D eigenvalue weighted by Crippen LogP contribution is 2.30. The van der Waals surface area contributed by atoms with E-state index in [-0.39, 0.29) is 25.6 Å². The molecule has 1 atom stereocenters. The van der Waals surface area contributed by atoms with Crippen molar-refractivity contribution in [2.75, 3.05) is 39.9 Å². The van der Waals surface area contributed by atoms with E-state index in [0.717, 1.165) is 12.8 Å². The molecule has 21 heavy (non-hydrogen) atoms. The molecule has 0 aromatic carbocycles. The van der Waals surface area contributed by atoms with Gasteiger partial charge in [0.1, 0.15) is 12.6 Å². The number of aliphatic carboxylic acids is 1. The number of carboxylic acids is 1. The van der Waals surface area contributed by atoms with Gasteiger partial charge in [0, 0.05) is 20.1 Å². The van der Waals surface area contributed by atoms with Crippen LogP contribution in [0, 0.1) is 5.92 Å². The zero-order valence-corrected chi connectivity index (χ0v) is 12.1. The average Bonchev–Trinajstić information content (AvgIpc) is 3.28. The van der Waals surface area contributed by atoms with Crippen LogP contribution in [0.2, 0.25) is 0 Å². The smallest absolute Gasteiger partial charge is 0.323 e. The Morgan fingerprint density at radius 2 is 2.10 bits per heavy atom. The van der Waals surface area contributed by atoms with E-state index in [2.05, 4.69) is 5.32 Å². The number of carboxylic acid groups (broad SMARTS) is 1. The van der Waals surface area contributed by atoms with E-state index in [1.54, 1.807) is 0 Å². The monoisotopic (exact) mass is 299 g/mol. The Morgan fingerprint density at radius 1 is 1.38 bits per heavy atom. The molecular formula is C13H21N3O5. The van der Waals surface area contributed by atoms with Gasteiger partial charge in [0.2, 0.25) is 5.91 Å². The minimum atomic E-state index is -1.05. The predicted octanol–water partition coefficient (Wildman–Crippen LogP) is -0.650. The van der Waals surface area contributed by atoms with Crippen LogP contribution in [-0.2, 0) is 14.3 Å². The fourth-order valence-electron chi connectivity index (χ4n) is 2.38. The third-order valence-corrected chi connectivity index (χ3v) is 3.70. The highest BCUT2D eigenvalue weighted by molar-refractivity contribution is 5.88. The second-order valence-corrected chi connectivity index (χ2v) is 5.40. The molecule has 0 aromatic rings. The molecule has 0 radical (unpaired) electrons. The van der Waals surface area contributed by atoms with E-state index in [4.69, 9.17) is 9.84 Å². The van der Waals surface area contributed by atoms with Gasteiger partial charge in [-0.15, -0.1) is 0 Å². The number of nitrogens with one attached hydrogen (secondary N) is 1. The van der Waals surface area contributed by atoms with Crippen molar-refractivity contribution < 1.29 is 24.2 Å². The molecule has 2 rings (SSSR count). The summed E-state index contributed by atoms with van der Waals surface area (Å²) in [5.41, 5.74) is 0. The van der Waals surface area contributed by atoms with Crippen molar-refractivity contribution in [3.8, 4) is 0 Å². The van der Waals surface area contributed by atoms with Gasteiger partial charge in [0.05, 0.1) is 13.2 Å². The number of urea groups is 1. The van der Waals surface area contributed by atoms with Crippen LogP contribution >= 0.6 is 0 Å². The maximum Gasteiger partial charge on any atom is 0.323 e. The molecule has 1 saturated heterocycles. The van der Waals surface area contributed by atoms with Crippen molar-refractivity contribution >= 4 is 17.9 Å². The number of amides is 3. The maximum atomic E-state index is 12.6. The van der Waals surface area contributed by atoms with Gasteiger partial charge < -0.3 is 25.0 Å². The lowest BCUT2D eigenvalue weighted by Gasteiger charge is -2.37. The molecule has 2 aliphatic rings. The number of carbonyl (C=O) groups excluding carboxylic acids is 2. The number of morpholine rings is 1. The average molecular weight is 299 g/mol. The highest BCUT2D eigenvalue weighted by atomic mass is 16.5. The summed E-state index contributed by atoms with van der Waals surface area (Å²) in [6.07, 6.45) is 2.04. The lowest BCUT2D eigenvalue weighted by Crippen LogP contribution is -2.59. The van der Waals surface area contributed by atoms with E-state index in [1.165, 1.54) is 16.8 Å². The molecule has 0 bridgehead atoms. The van der Waals surface area contributed by atoms with Crippen molar-refractivity contribution in [2.24, 2.45) is 5.92 Å². The normalized spacial score (nSPS) is 21.8. The van der Waals surface area contributed by atoms with Crippen molar-refractivity contribution in [1.29, 1.82) is 0 Å². The van der Waals surface area contributed by atoms with Crippen LogP contribution in [-0.4, -0.2) is 78.8 Å². The Labute approximate surface area is 123 Å². The molecule has 1 saturated carbocycles. The summed E-state index contributed by atoms with van der Waals surface area (Å²) in [6.45, 7) is 0.868. The Morgan fingerprint density at radius 3 is 2.67 bits per heavy atom. The highest BCUT2D eigenvalue weighted by Gasteiger charge is 2.37. The summed E-state index contributed by atoms with van der Waals surface area (Å²) < 4.78 is 5.25. The van der Waals surface area contributed by atoms with Gasteiger partial charge in [-0.3, -0.25) is 9.59 Å². The Bertz CT molecular complexity index is 424. The third kappa shape index (κ3) is 4.07. The number of likely N-dealkylation sites (N-methyl/N-ethyl adjacent to an activating group) is 1. The van der Waals surface area contributed by atoms with Crippen molar-refractivity contribution in [2.45, 2.75) is 18.9 Å². The molecule has 1 heterocycles. The summed E-state index contributed by atoms with van der Waals surface area (Å²) in [6, 6.07) is -1.10. The fourth-order valence-corrected chi connectivity index (χ4v) is 2.38. The molecule has 1 aliphatic carbocycles. The SMILES string of the molecule is CNC(=O)C1COCCN1C(=O)N(CC(=O)O)CC1CC1. The first-order chi connectivity index (χ1) is 10.0. The maximum absolute atomic E-state index is 12.6. The van der Waals surface area contributed by atoms with Gasteiger partial charge in [-0.1, -0.05) is 0 Å².